The normalized spacial score (nSPS) is 11.1. The van der Waals surface area contributed by atoms with Crippen molar-refractivity contribution in [2.45, 2.75) is 6.92 Å². The van der Waals surface area contributed by atoms with Crippen molar-refractivity contribution < 1.29 is 4.79 Å². The van der Waals surface area contributed by atoms with E-state index in [2.05, 4.69) is 15.4 Å². The maximum absolute atomic E-state index is 13.3. The Morgan fingerprint density at radius 3 is 2.83 bits per heavy atom. The molecule has 0 radical (unpaired) electrons. The van der Waals surface area contributed by atoms with Crippen molar-refractivity contribution in [3.63, 3.8) is 0 Å². The molecule has 30 heavy (non-hydrogen) atoms. The number of imidazole rings is 1. The number of benzene rings is 1. The van der Waals surface area contributed by atoms with Crippen molar-refractivity contribution in [3.8, 4) is 16.3 Å². The van der Waals surface area contributed by atoms with Crippen LogP contribution in [0.1, 0.15) is 16.1 Å². The number of anilines is 1. The van der Waals surface area contributed by atoms with Gasteiger partial charge in [0.2, 0.25) is 0 Å². The molecule has 0 aliphatic heterocycles. The quantitative estimate of drug-likeness (QED) is 0.472. The van der Waals surface area contributed by atoms with Crippen molar-refractivity contribution in [1.29, 1.82) is 0 Å². The largest absolute Gasteiger partial charge is 0.322 e. The SMILES string of the molecule is Cc1nn(C)c2nc(-c3cccs3)cc(C(=O)Nc3cccc(-n4ccnc4)c3)c12. The first-order chi connectivity index (χ1) is 14.6. The number of pyridine rings is 1. The molecule has 7 nitrogen and oxygen atoms in total. The van der Waals surface area contributed by atoms with Crippen LogP contribution in [0.4, 0.5) is 5.69 Å². The van der Waals surface area contributed by atoms with Crippen LogP contribution >= 0.6 is 11.3 Å². The van der Waals surface area contributed by atoms with Gasteiger partial charge < -0.3 is 9.88 Å². The fourth-order valence-electron chi connectivity index (χ4n) is 3.53. The van der Waals surface area contributed by atoms with Gasteiger partial charge in [0.1, 0.15) is 0 Å². The molecule has 4 aromatic heterocycles. The summed E-state index contributed by atoms with van der Waals surface area (Å²) >= 11 is 1.59. The Hall–Kier alpha value is -3.78. The second kappa shape index (κ2) is 7.23. The predicted octanol–water partition coefficient (Wildman–Crippen LogP) is 4.44. The summed E-state index contributed by atoms with van der Waals surface area (Å²) in [6.07, 6.45) is 5.30. The maximum atomic E-state index is 13.3. The smallest absolute Gasteiger partial charge is 0.256 e. The Bertz CT molecular complexity index is 1350. The maximum Gasteiger partial charge on any atom is 0.256 e. The van der Waals surface area contributed by atoms with Gasteiger partial charge in [-0.15, -0.1) is 11.3 Å². The molecule has 4 heterocycles. The fraction of sp³-hybridized carbons (Fsp3) is 0.0909. The standard InChI is InChI=1S/C22H18N6OS/c1-14-20-17(12-18(19-7-4-10-30-19)25-21(20)27(2)26-14)22(29)24-15-5-3-6-16(11-15)28-9-8-23-13-28/h3-13H,1-2H3,(H,24,29). The number of hydrogen-bond donors (Lipinski definition) is 1. The van der Waals surface area contributed by atoms with E-state index in [9.17, 15) is 4.79 Å². The zero-order chi connectivity index (χ0) is 20.7. The third-order valence-corrected chi connectivity index (χ3v) is 5.79. The number of hydrogen-bond acceptors (Lipinski definition) is 5. The molecule has 0 fully saturated rings. The van der Waals surface area contributed by atoms with Crippen LogP contribution in [-0.4, -0.2) is 30.2 Å². The lowest BCUT2D eigenvalue weighted by atomic mass is 10.1. The highest BCUT2D eigenvalue weighted by atomic mass is 32.1. The van der Waals surface area contributed by atoms with Crippen LogP contribution in [-0.2, 0) is 7.05 Å². The molecule has 0 unspecified atom stereocenters. The molecule has 0 atom stereocenters. The number of amides is 1. The summed E-state index contributed by atoms with van der Waals surface area (Å²) in [5.74, 6) is -0.195. The summed E-state index contributed by atoms with van der Waals surface area (Å²) in [5, 5.41) is 10.3. The van der Waals surface area contributed by atoms with Gasteiger partial charge in [0, 0.05) is 30.8 Å². The van der Waals surface area contributed by atoms with Crippen LogP contribution in [0.5, 0.6) is 0 Å². The average Bonchev–Trinajstić information content (AvgIpc) is 3.50. The summed E-state index contributed by atoms with van der Waals surface area (Å²) in [7, 11) is 1.84. The molecule has 148 valence electrons. The van der Waals surface area contributed by atoms with Gasteiger partial charge in [-0.2, -0.15) is 5.10 Å². The lowest BCUT2D eigenvalue weighted by Gasteiger charge is -2.10. The van der Waals surface area contributed by atoms with E-state index >= 15 is 0 Å². The highest BCUT2D eigenvalue weighted by molar-refractivity contribution is 7.13. The topological polar surface area (TPSA) is 77.6 Å². The van der Waals surface area contributed by atoms with Crippen molar-refractivity contribution in [2.75, 3.05) is 5.32 Å². The van der Waals surface area contributed by atoms with Crippen LogP contribution in [0.15, 0.2) is 66.6 Å². The Labute approximate surface area is 176 Å². The van der Waals surface area contributed by atoms with Gasteiger partial charge in [-0.05, 0) is 42.6 Å². The number of nitrogens with one attached hydrogen (secondary N) is 1. The highest BCUT2D eigenvalue weighted by Crippen LogP contribution is 2.30. The molecule has 0 aliphatic carbocycles. The van der Waals surface area contributed by atoms with Crippen LogP contribution in [0.2, 0.25) is 0 Å². The van der Waals surface area contributed by atoms with Gasteiger partial charge in [0.25, 0.3) is 5.91 Å². The molecule has 8 heteroatoms. The van der Waals surface area contributed by atoms with Gasteiger partial charge in [0.05, 0.1) is 33.5 Å². The molecule has 1 aromatic carbocycles. The number of carbonyl (C=O) groups is 1. The minimum absolute atomic E-state index is 0.195. The van der Waals surface area contributed by atoms with Crippen LogP contribution in [0, 0.1) is 6.92 Å². The Kier molecular flexibility index (Phi) is 4.40. The van der Waals surface area contributed by atoms with E-state index < -0.39 is 0 Å². The highest BCUT2D eigenvalue weighted by Gasteiger charge is 2.20. The first kappa shape index (κ1) is 18.3. The van der Waals surface area contributed by atoms with E-state index in [1.54, 1.807) is 28.5 Å². The van der Waals surface area contributed by atoms with Crippen LogP contribution in [0.3, 0.4) is 0 Å². The molecule has 0 saturated carbocycles. The second-order valence-electron chi connectivity index (χ2n) is 6.91. The van der Waals surface area contributed by atoms with E-state index in [0.29, 0.717) is 16.9 Å². The van der Waals surface area contributed by atoms with Crippen molar-refractivity contribution in [1.82, 2.24) is 24.3 Å². The van der Waals surface area contributed by atoms with E-state index in [1.165, 1.54) is 0 Å². The molecule has 1 amide bonds. The summed E-state index contributed by atoms with van der Waals surface area (Å²) in [4.78, 5) is 23.2. The minimum atomic E-state index is -0.195. The number of nitrogens with zero attached hydrogens (tertiary/aromatic N) is 5. The minimum Gasteiger partial charge on any atom is -0.322 e. The predicted molar refractivity (Wildman–Crippen MR) is 118 cm³/mol. The Morgan fingerprint density at radius 2 is 2.07 bits per heavy atom. The summed E-state index contributed by atoms with van der Waals surface area (Å²) in [5.41, 5.74) is 4.41. The van der Waals surface area contributed by atoms with E-state index in [0.717, 1.165) is 27.3 Å². The number of aromatic nitrogens is 5. The van der Waals surface area contributed by atoms with Gasteiger partial charge in [0.15, 0.2) is 5.65 Å². The number of carbonyl (C=O) groups excluding carboxylic acids is 1. The molecule has 0 saturated heterocycles. The van der Waals surface area contributed by atoms with Gasteiger partial charge in [-0.25, -0.2) is 9.97 Å². The molecule has 0 bridgehead atoms. The lowest BCUT2D eigenvalue weighted by molar-refractivity contribution is 0.102. The third-order valence-electron chi connectivity index (χ3n) is 4.89. The zero-order valence-electron chi connectivity index (χ0n) is 16.4. The molecule has 5 aromatic rings. The molecular formula is C22H18N6OS. The Morgan fingerprint density at radius 1 is 1.17 bits per heavy atom. The fourth-order valence-corrected chi connectivity index (χ4v) is 4.22. The first-order valence-electron chi connectivity index (χ1n) is 9.38. The van der Waals surface area contributed by atoms with Crippen LogP contribution in [0.25, 0.3) is 27.3 Å². The summed E-state index contributed by atoms with van der Waals surface area (Å²) in [6.45, 7) is 1.89. The van der Waals surface area contributed by atoms with Crippen LogP contribution < -0.4 is 5.32 Å². The molecule has 0 aliphatic rings. The molecule has 1 N–H and O–H groups in total. The molecule has 0 spiro atoms. The Balaban J connectivity index is 1.57. The van der Waals surface area contributed by atoms with Crippen molar-refractivity contribution in [3.05, 3.63) is 77.8 Å². The number of rotatable bonds is 4. The third kappa shape index (κ3) is 3.17. The van der Waals surface area contributed by atoms with E-state index in [1.807, 2.05) is 72.6 Å². The summed E-state index contributed by atoms with van der Waals surface area (Å²) < 4.78 is 3.61. The van der Waals surface area contributed by atoms with Gasteiger partial charge in [-0.1, -0.05) is 12.1 Å². The van der Waals surface area contributed by atoms with E-state index in [-0.39, 0.29) is 5.91 Å². The lowest BCUT2D eigenvalue weighted by Crippen LogP contribution is -2.13. The number of aryl methyl sites for hydroxylation is 2. The average molecular weight is 414 g/mol. The first-order valence-corrected chi connectivity index (χ1v) is 10.3. The van der Waals surface area contributed by atoms with E-state index in [4.69, 9.17) is 4.98 Å². The monoisotopic (exact) mass is 414 g/mol. The summed E-state index contributed by atoms with van der Waals surface area (Å²) in [6, 6.07) is 13.5. The van der Waals surface area contributed by atoms with Crippen molar-refractivity contribution in [2.24, 2.45) is 7.05 Å². The van der Waals surface area contributed by atoms with Crippen molar-refractivity contribution >= 4 is 34.0 Å². The molecule has 5 rings (SSSR count). The van der Waals surface area contributed by atoms with Gasteiger partial charge in [-0.3, -0.25) is 9.48 Å². The second-order valence-corrected chi connectivity index (χ2v) is 7.86. The number of fused-ring (bicyclic) bond motifs is 1. The molecular weight excluding hydrogens is 396 g/mol. The number of thiophene rings is 1. The van der Waals surface area contributed by atoms with Gasteiger partial charge >= 0.3 is 0 Å². The zero-order valence-corrected chi connectivity index (χ0v) is 17.2.